The predicted molar refractivity (Wildman–Crippen MR) is 91.0 cm³/mol. The van der Waals surface area contributed by atoms with Crippen molar-refractivity contribution in [1.29, 1.82) is 0 Å². The molecule has 0 saturated carbocycles. The Morgan fingerprint density at radius 1 is 1.17 bits per heavy atom. The number of aryl methyl sites for hydroxylation is 1. The van der Waals surface area contributed by atoms with Crippen molar-refractivity contribution in [3.8, 4) is 0 Å². The van der Waals surface area contributed by atoms with Crippen LogP contribution in [0.1, 0.15) is 62.6 Å². The SMILES string of the molecule is CC(=O)c1ccc(NC(=O)CCCc2nc(C(C)(C)C)no2)cc1. The zero-order chi connectivity index (χ0) is 17.7. The first kappa shape index (κ1) is 17.8. The minimum absolute atomic E-state index is 0.00191. The number of anilines is 1. The van der Waals surface area contributed by atoms with Crippen LogP contribution in [0.4, 0.5) is 5.69 Å². The lowest BCUT2D eigenvalue weighted by Gasteiger charge is -2.10. The Kier molecular flexibility index (Phi) is 5.49. The van der Waals surface area contributed by atoms with E-state index in [1.807, 2.05) is 20.8 Å². The van der Waals surface area contributed by atoms with Gasteiger partial charge >= 0.3 is 0 Å². The van der Waals surface area contributed by atoms with Crippen LogP contribution < -0.4 is 5.32 Å². The molecule has 0 bridgehead atoms. The highest BCUT2D eigenvalue weighted by molar-refractivity contribution is 5.95. The fourth-order valence-electron chi connectivity index (χ4n) is 2.07. The van der Waals surface area contributed by atoms with Gasteiger partial charge in [-0.2, -0.15) is 4.98 Å². The smallest absolute Gasteiger partial charge is 0.226 e. The van der Waals surface area contributed by atoms with Gasteiger partial charge in [-0.3, -0.25) is 9.59 Å². The fourth-order valence-corrected chi connectivity index (χ4v) is 2.07. The van der Waals surface area contributed by atoms with E-state index in [4.69, 9.17) is 4.52 Å². The van der Waals surface area contributed by atoms with Crippen LogP contribution in [0.3, 0.4) is 0 Å². The number of hydrogen-bond donors (Lipinski definition) is 1. The van der Waals surface area contributed by atoms with E-state index in [-0.39, 0.29) is 17.1 Å². The minimum atomic E-state index is -0.148. The molecule has 0 fully saturated rings. The first-order chi connectivity index (χ1) is 11.3. The van der Waals surface area contributed by atoms with Gasteiger partial charge in [-0.1, -0.05) is 25.9 Å². The molecule has 0 radical (unpaired) electrons. The summed E-state index contributed by atoms with van der Waals surface area (Å²) in [5.74, 6) is 1.15. The lowest BCUT2D eigenvalue weighted by Crippen LogP contribution is -2.13. The number of carbonyl (C=O) groups is 2. The van der Waals surface area contributed by atoms with Gasteiger partial charge in [0.15, 0.2) is 11.6 Å². The Hall–Kier alpha value is -2.50. The minimum Gasteiger partial charge on any atom is -0.339 e. The van der Waals surface area contributed by atoms with Crippen molar-refractivity contribution in [2.24, 2.45) is 0 Å². The van der Waals surface area contributed by atoms with Gasteiger partial charge in [0.05, 0.1) is 0 Å². The van der Waals surface area contributed by atoms with Crippen LogP contribution in [0.15, 0.2) is 28.8 Å². The normalized spacial score (nSPS) is 11.3. The largest absolute Gasteiger partial charge is 0.339 e. The van der Waals surface area contributed by atoms with Gasteiger partial charge in [0.2, 0.25) is 11.8 Å². The summed E-state index contributed by atoms with van der Waals surface area (Å²) in [5, 5.41) is 6.77. The molecule has 0 aliphatic heterocycles. The van der Waals surface area contributed by atoms with Crippen molar-refractivity contribution >= 4 is 17.4 Å². The molecule has 2 aromatic rings. The fraction of sp³-hybridized carbons (Fsp3) is 0.444. The highest BCUT2D eigenvalue weighted by atomic mass is 16.5. The number of hydrogen-bond acceptors (Lipinski definition) is 5. The van der Waals surface area contributed by atoms with Crippen LogP contribution in [-0.2, 0) is 16.6 Å². The number of ketones is 1. The molecule has 0 atom stereocenters. The third-order valence-electron chi connectivity index (χ3n) is 3.51. The van der Waals surface area contributed by atoms with E-state index in [0.29, 0.717) is 42.2 Å². The summed E-state index contributed by atoms with van der Waals surface area (Å²) in [6.07, 6.45) is 1.56. The Bertz CT molecular complexity index is 712. The highest BCUT2D eigenvalue weighted by Gasteiger charge is 2.20. The number of benzene rings is 1. The van der Waals surface area contributed by atoms with Crippen LogP contribution in [0.5, 0.6) is 0 Å². The number of nitrogens with one attached hydrogen (secondary N) is 1. The summed E-state index contributed by atoms with van der Waals surface area (Å²) < 4.78 is 5.20. The molecule has 0 aliphatic rings. The van der Waals surface area contributed by atoms with Gasteiger partial charge in [0.25, 0.3) is 0 Å². The lowest BCUT2D eigenvalue weighted by molar-refractivity contribution is -0.116. The third kappa shape index (κ3) is 5.01. The Morgan fingerprint density at radius 3 is 2.38 bits per heavy atom. The third-order valence-corrected chi connectivity index (χ3v) is 3.51. The standard InChI is InChI=1S/C18H23N3O3/c1-12(22)13-8-10-14(11-9-13)19-15(23)6-5-7-16-20-17(21-24-16)18(2,3)4/h8-11H,5-7H2,1-4H3,(H,19,23). The van der Waals surface area contributed by atoms with Crippen LogP contribution in [0.25, 0.3) is 0 Å². The number of carbonyl (C=O) groups excluding carboxylic acids is 2. The van der Waals surface area contributed by atoms with E-state index in [1.165, 1.54) is 6.92 Å². The maximum absolute atomic E-state index is 11.9. The highest BCUT2D eigenvalue weighted by Crippen LogP contribution is 2.19. The summed E-state index contributed by atoms with van der Waals surface area (Å²) in [6, 6.07) is 6.85. The number of Topliss-reactive ketones (excluding diaryl/α,β-unsaturated/α-hetero) is 1. The predicted octanol–water partition coefficient (Wildman–Crippen LogP) is 3.53. The summed E-state index contributed by atoms with van der Waals surface area (Å²) in [5.41, 5.74) is 1.15. The molecular formula is C18H23N3O3. The van der Waals surface area contributed by atoms with Gasteiger partial charge < -0.3 is 9.84 Å². The average Bonchev–Trinajstić information content (AvgIpc) is 2.97. The number of aromatic nitrogens is 2. The topological polar surface area (TPSA) is 85.1 Å². The van der Waals surface area contributed by atoms with Crippen molar-refractivity contribution in [2.45, 2.75) is 52.4 Å². The molecule has 6 nitrogen and oxygen atoms in total. The van der Waals surface area contributed by atoms with Crippen molar-refractivity contribution in [2.75, 3.05) is 5.32 Å². The maximum atomic E-state index is 11.9. The van der Waals surface area contributed by atoms with Gasteiger partial charge in [-0.05, 0) is 37.6 Å². The molecule has 0 saturated heterocycles. The summed E-state index contributed by atoms with van der Waals surface area (Å²) >= 11 is 0. The Balaban J connectivity index is 1.79. The van der Waals surface area contributed by atoms with E-state index < -0.39 is 0 Å². The molecule has 1 amide bonds. The van der Waals surface area contributed by atoms with Crippen LogP contribution in [-0.4, -0.2) is 21.8 Å². The molecule has 24 heavy (non-hydrogen) atoms. The van der Waals surface area contributed by atoms with Crippen molar-refractivity contribution in [3.63, 3.8) is 0 Å². The molecule has 1 aromatic carbocycles. The Labute approximate surface area is 141 Å². The van der Waals surface area contributed by atoms with Gasteiger partial charge in [-0.25, -0.2) is 0 Å². The molecule has 1 aromatic heterocycles. The zero-order valence-corrected chi connectivity index (χ0v) is 14.5. The second-order valence-corrected chi connectivity index (χ2v) is 6.80. The Morgan fingerprint density at radius 2 is 1.83 bits per heavy atom. The van der Waals surface area contributed by atoms with E-state index in [1.54, 1.807) is 24.3 Å². The molecule has 6 heteroatoms. The van der Waals surface area contributed by atoms with Crippen molar-refractivity contribution < 1.29 is 14.1 Å². The molecule has 0 spiro atoms. The van der Waals surface area contributed by atoms with Crippen LogP contribution >= 0.6 is 0 Å². The summed E-state index contributed by atoms with van der Waals surface area (Å²) in [4.78, 5) is 27.5. The summed E-state index contributed by atoms with van der Waals surface area (Å²) in [7, 11) is 0. The monoisotopic (exact) mass is 329 g/mol. The number of nitrogens with zero attached hydrogens (tertiary/aromatic N) is 2. The average molecular weight is 329 g/mol. The van der Waals surface area contributed by atoms with Gasteiger partial charge in [0.1, 0.15) is 0 Å². The van der Waals surface area contributed by atoms with Crippen molar-refractivity contribution in [3.05, 3.63) is 41.5 Å². The van der Waals surface area contributed by atoms with Gasteiger partial charge in [-0.15, -0.1) is 0 Å². The molecule has 1 heterocycles. The van der Waals surface area contributed by atoms with E-state index in [2.05, 4.69) is 15.5 Å². The van der Waals surface area contributed by atoms with Crippen molar-refractivity contribution in [1.82, 2.24) is 10.1 Å². The second-order valence-electron chi connectivity index (χ2n) is 6.80. The first-order valence-corrected chi connectivity index (χ1v) is 7.99. The first-order valence-electron chi connectivity index (χ1n) is 7.99. The lowest BCUT2D eigenvalue weighted by atomic mass is 9.96. The zero-order valence-electron chi connectivity index (χ0n) is 14.5. The molecule has 0 unspecified atom stereocenters. The number of amides is 1. The molecule has 0 aliphatic carbocycles. The van der Waals surface area contributed by atoms with Gasteiger partial charge in [0, 0.05) is 29.5 Å². The second kappa shape index (κ2) is 7.38. The van der Waals surface area contributed by atoms with Crippen LogP contribution in [0.2, 0.25) is 0 Å². The molecule has 128 valence electrons. The maximum Gasteiger partial charge on any atom is 0.226 e. The summed E-state index contributed by atoms with van der Waals surface area (Å²) in [6.45, 7) is 7.57. The van der Waals surface area contributed by atoms with E-state index >= 15 is 0 Å². The quantitative estimate of drug-likeness (QED) is 0.819. The molecular weight excluding hydrogens is 306 g/mol. The number of rotatable bonds is 6. The van der Waals surface area contributed by atoms with E-state index in [0.717, 1.165) is 0 Å². The molecule has 1 N–H and O–H groups in total. The van der Waals surface area contributed by atoms with Crippen LogP contribution in [0, 0.1) is 0 Å². The van der Waals surface area contributed by atoms with E-state index in [9.17, 15) is 9.59 Å². The molecule has 2 rings (SSSR count).